The van der Waals surface area contributed by atoms with Crippen LogP contribution in [0.25, 0.3) is 5.76 Å². The summed E-state index contributed by atoms with van der Waals surface area (Å²) in [6.07, 6.45) is 0. The highest BCUT2D eigenvalue weighted by Crippen LogP contribution is 2.41. The normalized spacial score (nSPS) is 18.3. The summed E-state index contributed by atoms with van der Waals surface area (Å²) in [7, 11) is 3.01. The van der Waals surface area contributed by atoms with Crippen LogP contribution in [0, 0.1) is 6.92 Å². The number of Topliss-reactive ketones (excluding diaryl/α,β-unsaturated/α-hetero) is 1. The van der Waals surface area contributed by atoms with E-state index in [0.717, 1.165) is 11.1 Å². The molecule has 2 aromatic rings. The van der Waals surface area contributed by atoms with Crippen molar-refractivity contribution in [2.24, 2.45) is 0 Å². The van der Waals surface area contributed by atoms with Gasteiger partial charge in [0.15, 0.2) is 0 Å². The molecule has 6 nitrogen and oxygen atoms in total. The number of aryl methyl sites for hydroxylation is 1. The van der Waals surface area contributed by atoms with Gasteiger partial charge in [-0.3, -0.25) is 9.59 Å². The Bertz CT molecular complexity index is 985. The lowest BCUT2D eigenvalue weighted by molar-refractivity contribution is -0.140. The lowest BCUT2D eigenvalue weighted by Crippen LogP contribution is -2.32. The second-order valence-electron chi connectivity index (χ2n) is 6.69. The van der Waals surface area contributed by atoms with Crippen LogP contribution in [0.2, 0.25) is 5.02 Å². The fraction of sp³-hybridized carbons (Fsp3) is 0.273. The number of methoxy groups -OCH3 is 2. The molecule has 1 N–H and O–H groups in total. The Kier molecular flexibility index (Phi) is 6.25. The zero-order valence-electron chi connectivity index (χ0n) is 16.4. The fourth-order valence-corrected chi connectivity index (χ4v) is 3.74. The Morgan fingerprint density at radius 1 is 1.17 bits per heavy atom. The SMILES string of the molecule is COCCN1C(=O)C(=O)/C(=C(/O)c2ccc(OC)c(Cl)c2)C1c1ccccc1C. The van der Waals surface area contributed by atoms with Gasteiger partial charge in [-0.05, 0) is 36.2 Å². The lowest BCUT2D eigenvalue weighted by Gasteiger charge is -2.26. The van der Waals surface area contributed by atoms with Gasteiger partial charge in [-0.2, -0.15) is 0 Å². The molecule has 1 atom stereocenters. The van der Waals surface area contributed by atoms with Crippen molar-refractivity contribution in [3.8, 4) is 5.75 Å². The van der Waals surface area contributed by atoms with Gasteiger partial charge in [0.1, 0.15) is 11.5 Å². The summed E-state index contributed by atoms with van der Waals surface area (Å²) >= 11 is 6.18. The van der Waals surface area contributed by atoms with E-state index in [-0.39, 0.29) is 29.5 Å². The van der Waals surface area contributed by atoms with E-state index < -0.39 is 17.7 Å². The van der Waals surface area contributed by atoms with Gasteiger partial charge in [0.05, 0.1) is 30.4 Å². The maximum Gasteiger partial charge on any atom is 0.295 e. The van der Waals surface area contributed by atoms with Crippen LogP contribution in [0.15, 0.2) is 48.0 Å². The van der Waals surface area contributed by atoms with Gasteiger partial charge in [0.2, 0.25) is 0 Å². The zero-order valence-corrected chi connectivity index (χ0v) is 17.2. The first-order valence-electron chi connectivity index (χ1n) is 9.07. The van der Waals surface area contributed by atoms with Crippen LogP contribution < -0.4 is 4.74 Å². The molecule has 0 radical (unpaired) electrons. The number of hydrogen-bond donors (Lipinski definition) is 1. The molecule has 1 heterocycles. The number of halogens is 1. The number of aliphatic hydroxyl groups is 1. The largest absolute Gasteiger partial charge is 0.507 e. The molecule has 1 amide bonds. The van der Waals surface area contributed by atoms with E-state index in [1.165, 1.54) is 25.2 Å². The van der Waals surface area contributed by atoms with Crippen LogP contribution in [-0.2, 0) is 14.3 Å². The van der Waals surface area contributed by atoms with E-state index in [2.05, 4.69) is 0 Å². The van der Waals surface area contributed by atoms with Crippen LogP contribution in [0.4, 0.5) is 0 Å². The van der Waals surface area contributed by atoms with Crippen LogP contribution in [0.1, 0.15) is 22.7 Å². The van der Waals surface area contributed by atoms with Gasteiger partial charge in [-0.1, -0.05) is 35.9 Å². The molecular formula is C22H22ClNO5. The minimum absolute atomic E-state index is 0.0293. The predicted octanol–water partition coefficient (Wildman–Crippen LogP) is 3.73. The lowest BCUT2D eigenvalue weighted by atomic mass is 9.92. The second kappa shape index (κ2) is 8.68. The molecule has 0 saturated carbocycles. The smallest absolute Gasteiger partial charge is 0.295 e. The molecule has 1 fully saturated rings. The first-order valence-corrected chi connectivity index (χ1v) is 9.45. The van der Waals surface area contributed by atoms with Crippen molar-refractivity contribution < 1.29 is 24.2 Å². The van der Waals surface area contributed by atoms with Crippen LogP contribution in [0.5, 0.6) is 5.75 Å². The Labute approximate surface area is 174 Å². The topological polar surface area (TPSA) is 76.1 Å². The van der Waals surface area contributed by atoms with Gasteiger partial charge in [0, 0.05) is 19.2 Å². The summed E-state index contributed by atoms with van der Waals surface area (Å²) in [6.45, 7) is 2.39. The number of likely N-dealkylation sites (tertiary alicyclic amines) is 1. The van der Waals surface area contributed by atoms with Crippen LogP contribution in [0.3, 0.4) is 0 Å². The summed E-state index contributed by atoms with van der Waals surface area (Å²) in [5.41, 5.74) is 2.03. The van der Waals surface area contributed by atoms with E-state index in [1.807, 2.05) is 31.2 Å². The number of hydrogen-bond acceptors (Lipinski definition) is 5. The highest BCUT2D eigenvalue weighted by atomic mass is 35.5. The number of carbonyl (C=O) groups excluding carboxylic acids is 2. The van der Waals surface area contributed by atoms with E-state index >= 15 is 0 Å². The summed E-state index contributed by atoms with van der Waals surface area (Å²) in [5.74, 6) is -1.24. The number of benzene rings is 2. The highest BCUT2D eigenvalue weighted by molar-refractivity contribution is 6.46. The summed E-state index contributed by atoms with van der Waals surface area (Å²) in [6, 6.07) is 11.4. The summed E-state index contributed by atoms with van der Waals surface area (Å²) in [5, 5.41) is 11.3. The summed E-state index contributed by atoms with van der Waals surface area (Å²) in [4.78, 5) is 27.1. The number of amides is 1. The van der Waals surface area contributed by atoms with E-state index in [9.17, 15) is 14.7 Å². The van der Waals surface area contributed by atoms with Gasteiger partial charge < -0.3 is 19.5 Å². The Hall–Kier alpha value is -2.83. The first kappa shape index (κ1) is 20.9. The highest BCUT2D eigenvalue weighted by Gasteiger charge is 2.46. The van der Waals surface area contributed by atoms with Gasteiger partial charge >= 0.3 is 0 Å². The molecule has 2 aromatic carbocycles. The average Bonchev–Trinajstić information content (AvgIpc) is 2.96. The molecule has 29 heavy (non-hydrogen) atoms. The van der Waals surface area contributed by atoms with E-state index in [4.69, 9.17) is 21.1 Å². The van der Waals surface area contributed by atoms with Crippen molar-refractivity contribution in [2.75, 3.05) is 27.4 Å². The molecule has 0 bridgehead atoms. The molecule has 0 aliphatic carbocycles. The fourth-order valence-electron chi connectivity index (χ4n) is 3.49. The summed E-state index contributed by atoms with van der Waals surface area (Å²) < 4.78 is 10.2. The molecule has 0 spiro atoms. The van der Waals surface area contributed by atoms with E-state index in [1.54, 1.807) is 12.1 Å². The number of carbonyl (C=O) groups is 2. The number of rotatable bonds is 6. The third-order valence-electron chi connectivity index (χ3n) is 4.98. The van der Waals surface area contributed by atoms with Crippen molar-refractivity contribution in [2.45, 2.75) is 13.0 Å². The minimum Gasteiger partial charge on any atom is -0.507 e. The minimum atomic E-state index is -0.737. The average molecular weight is 416 g/mol. The zero-order chi connectivity index (χ0) is 21.1. The number of ether oxygens (including phenoxy) is 2. The molecule has 1 unspecified atom stereocenters. The van der Waals surface area contributed by atoms with Crippen molar-refractivity contribution >= 4 is 29.1 Å². The van der Waals surface area contributed by atoms with Gasteiger partial charge in [-0.25, -0.2) is 0 Å². The Morgan fingerprint density at radius 2 is 1.90 bits per heavy atom. The monoisotopic (exact) mass is 415 g/mol. The third-order valence-corrected chi connectivity index (χ3v) is 5.28. The molecule has 152 valence electrons. The quantitative estimate of drug-likeness (QED) is 0.442. The Morgan fingerprint density at radius 3 is 2.52 bits per heavy atom. The van der Waals surface area contributed by atoms with Crippen molar-refractivity contribution in [3.63, 3.8) is 0 Å². The van der Waals surface area contributed by atoms with Crippen molar-refractivity contribution in [1.29, 1.82) is 0 Å². The van der Waals surface area contributed by atoms with E-state index in [0.29, 0.717) is 11.3 Å². The number of nitrogens with zero attached hydrogens (tertiary/aromatic N) is 1. The van der Waals surface area contributed by atoms with Crippen LogP contribution >= 0.6 is 11.6 Å². The standard InChI is InChI=1S/C22H22ClNO5/c1-13-6-4-5-7-15(13)19-18(21(26)22(27)24(19)10-11-28-2)20(25)14-8-9-17(29-3)16(23)12-14/h4-9,12,19,25H,10-11H2,1-3H3/b20-18+. The number of aliphatic hydroxyl groups excluding tert-OH is 1. The van der Waals surface area contributed by atoms with Crippen molar-refractivity contribution in [1.82, 2.24) is 4.90 Å². The maximum absolute atomic E-state index is 12.9. The van der Waals surface area contributed by atoms with Crippen LogP contribution in [-0.4, -0.2) is 49.1 Å². The van der Waals surface area contributed by atoms with Crippen molar-refractivity contribution in [3.05, 3.63) is 69.8 Å². The molecule has 1 aliphatic heterocycles. The van der Waals surface area contributed by atoms with Gasteiger partial charge in [-0.15, -0.1) is 0 Å². The maximum atomic E-state index is 12.9. The molecule has 1 saturated heterocycles. The molecule has 0 aromatic heterocycles. The molecule has 7 heteroatoms. The predicted molar refractivity (Wildman–Crippen MR) is 110 cm³/mol. The molecule has 3 rings (SSSR count). The molecule has 1 aliphatic rings. The number of ketones is 1. The first-order chi connectivity index (χ1) is 13.9. The second-order valence-corrected chi connectivity index (χ2v) is 7.10. The molecular weight excluding hydrogens is 394 g/mol. The Balaban J connectivity index is 2.19. The van der Waals surface area contributed by atoms with Gasteiger partial charge in [0.25, 0.3) is 11.7 Å². The third kappa shape index (κ3) is 3.86.